The molecule has 0 aromatic heterocycles. The van der Waals surface area contributed by atoms with Crippen LogP contribution in [0.1, 0.15) is 19.8 Å². The third kappa shape index (κ3) is 5.04. The molecule has 1 N–H and O–H groups in total. The topological polar surface area (TPSA) is 85.3 Å². The van der Waals surface area contributed by atoms with Crippen molar-refractivity contribution < 1.29 is 28.0 Å². The number of piperidine rings is 1. The lowest BCUT2D eigenvalue weighted by Gasteiger charge is -2.41. The summed E-state index contributed by atoms with van der Waals surface area (Å²) >= 11 is 0. The fraction of sp³-hybridized carbons (Fsp3) is 0.429. The van der Waals surface area contributed by atoms with Gasteiger partial charge in [-0.1, -0.05) is 18.2 Å². The Morgan fingerprint density at radius 2 is 1.60 bits per heavy atom. The summed E-state index contributed by atoms with van der Waals surface area (Å²) in [5.41, 5.74) is 0. The molecule has 1 heterocycles. The summed E-state index contributed by atoms with van der Waals surface area (Å²) in [4.78, 5) is 12.3. The van der Waals surface area contributed by atoms with Crippen molar-refractivity contribution in [1.29, 1.82) is 0 Å². The zero-order chi connectivity index (χ0) is 21.6. The summed E-state index contributed by atoms with van der Waals surface area (Å²) in [7, 11) is -4.33. The fourth-order valence-corrected chi connectivity index (χ4v) is 5.51. The smallest absolute Gasteiger partial charge is 0.376 e. The second-order valence-electron chi connectivity index (χ2n) is 7.41. The van der Waals surface area contributed by atoms with Gasteiger partial charge in [0.05, 0.1) is 11.5 Å². The monoisotopic (exact) mass is 433 g/mol. The van der Waals surface area contributed by atoms with Crippen LogP contribution in [0.25, 0.3) is 0 Å². The standard InChI is InChI=1S/C21H28BNO6S/c1-3-27-28-17-21(13-15-23(16-14-21)22(2)24)30(25,26)20-11-9-19(10-12-20)29-18-7-5-4-6-8-18/h4-12,24H,3,13-17H2,1-2H3. The zero-order valence-electron chi connectivity index (χ0n) is 17.4. The second-order valence-corrected chi connectivity index (χ2v) is 9.75. The van der Waals surface area contributed by atoms with Crippen molar-refractivity contribution in [2.45, 2.75) is 36.2 Å². The van der Waals surface area contributed by atoms with Crippen molar-refractivity contribution in [2.24, 2.45) is 0 Å². The number of rotatable bonds is 9. The lowest BCUT2D eigenvalue weighted by molar-refractivity contribution is -0.296. The maximum atomic E-state index is 13.6. The average molecular weight is 433 g/mol. The van der Waals surface area contributed by atoms with Gasteiger partial charge in [-0.05, 0) is 76.1 Å². The van der Waals surface area contributed by atoms with Crippen molar-refractivity contribution in [3.8, 4) is 11.5 Å². The Morgan fingerprint density at radius 3 is 2.17 bits per heavy atom. The summed E-state index contributed by atoms with van der Waals surface area (Å²) in [6.45, 7) is 4.66. The van der Waals surface area contributed by atoms with Crippen LogP contribution in [0, 0.1) is 0 Å². The Labute approximate surface area is 178 Å². The predicted octanol–water partition coefficient (Wildman–Crippen LogP) is 3.17. The first-order valence-corrected chi connectivity index (χ1v) is 11.6. The van der Waals surface area contributed by atoms with E-state index in [-0.39, 0.29) is 11.5 Å². The van der Waals surface area contributed by atoms with Crippen LogP contribution >= 0.6 is 0 Å². The molecular formula is C21H28BNO6S. The van der Waals surface area contributed by atoms with Gasteiger partial charge in [0.2, 0.25) is 0 Å². The summed E-state index contributed by atoms with van der Waals surface area (Å²) in [5.74, 6) is 1.24. The van der Waals surface area contributed by atoms with Crippen molar-refractivity contribution in [2.75, 3.05) is 26.3 Å². The number of hydrogen-bond donors (Lipinski definition) is 1. The Hall–Kier alpha value is -1.91. The molecule has 2 aromatic rings. The van der Waals surface area contributed by atoms with E-state index in [2.05, 4.69) is 0 Å². The summed E-state index contributed by atoms with van der Waals surface area (Å²) in [5, 5.41) is 9.84. The molecule has 1 aliphatic rings. The van der Waals surface area contributed by atoms with Crippen LogP contribution in [0.15, 0.2) is 59.5 Å². The van der Waals surface area contributed by atoms with Crippen molar-refractivity contribution >= 4 is 16.9 Å². The normalized spacial score (nSPS) is 16.9. The van der Waals surface area contributed by atoms with Crippen LogP contribution in [-0.2, 0) is 19.6 Å². The van der Waals surface area contributed by atoms with Gasteiger partial charge in [0, 0.05) is 0 Å². The molecule has 2 aromatic carbocycles. The molecule has 0 aliphatic carbocycles. The first-order chi connectivity index (χ1) is 14.4. The highest BCUT2D eigenvalue weighted by atomic mass is 32.2. The molecule has 0 saturated carbocycles. The van der Waals surface area contributed by atoms with Crippen molar-refractivity contribution in [1.82, 2.24) is 4.81 Å². The van der Waals surface area contributed by atoms with E-state index >= 15 is 0 Å². The van der Waals surface area contributed by atoms with Crippen molar-refractivity contribution in [3.63, 3.8) is 0 Å². The van der Waals surface area contributed by atoms with Crippen LogP contribution in [0.5, 0.6) is 11.5 Å². The minimum atomic E-state index is -3.71. The van der Waals surface area contributed by atoms with Gasteiger partial charge in [-0.15, -0.1) is 0 Å². The van der Waals surface area contributed by atoms with Gasteiger partial charge < -0.3 is 14.6 Å². The molecule has 0 amide bonds. The highest BCUT2D eigenvalue weighted by Crippen LogP contribution is 2.37. The highest BCUT2D eigenvalue weighted by molar-refractivity contribution is 7.92. The number of ether oxygens (including phenoxy) is 1. The summed E-state index contributed by atoms with van der Waals surface area (Å²) in [6, 6.07) is 15.8. The Bertz CT molecular complexity index is 897. The van der Waals surface area contributed by atoms with Gasteiger partial charge in [0.25, 0.3) is 0 Å². The van der Waals surface area contributed by atoms with Crippen LogP contribution < -0.4 is 4.74 Å². The van der Waals surface area contributed by atoms with Crippen molar-refractivity contribution in [3.05, 3.63) is 54.6 Å². The van der Waals surface area contributed by atoms with Gasteiger partial charge >= 0.3 is 7.05 Å². The number of para-hydroxylation sites is 1. The fourth-order valence-electron chi connectivity index (χ4n) is 3.59. The number of hydrogen-bond acceptors (Lipinski definition) is 7. The maximum absolute atomic E-state index is 13.6. The second kappa shape index (κ2) is 9.93. The molecule has 0 unspecified atom stereocenters. The minimum Gasteiger partial charge on any atom is -0.457 e. The van der Waals surface area contributed by atoms with Gasteiger partial charge in [0.15, 0.2) is 9.84 Å². The Balaban J connectivity index is 1.81. The van der Waals surface area contributed by atoms with Gasteiger partial charge in [-0.3, -0.25) is 0 Å². The molecule has 162 valence electrons. The van der Waals surface area contributed by atoms with Crippen LogP contribution in [0.2, 0.25) is 6.82 Å². The predicted molar refractivity (Wildman–Crippen MR) is 115 cm³/mol. The molecule has 1 aliphatic heterocycles. The highest BCUT2D eigenvalue weighted by Gasteiger charge is 2.48. The quantitative estimate of drug-likeness (QED) is 0.281. The minimum absolute atomic E-state index is 0.0565. The molecule has 9 heteroatoms. The Kier molecular flexibility index (Phi) is 7.54. The van der Waals surface area contributed by atoms with Crippen LogP contribution in [-0.4, -0.2) is 56.4 Å². The molecule has 0 atom stereocenters. The van der Waals surface area contributed by atoms with E-state index in [0.29, 0.717) is 44.0 Å². The van der Waals surface area contributed by atoms with Gasteiger partial charge in [-0.2, -0.15) is 0 Å². The van der Waals surface area contributed by atoms with E-state index < -0.39 is 21.6 Å². The van der Waals surface area contributed by atoms with E-state index in [1.54, 1.807) is 38.0 Å². The molecule has 1 fully saturated rings. The number of benzene rings is 2. The summed E-state index contributed by atoms with van der Waals surface area (Å²) < 4.78 is 31.8. The zero-order valence-corrected chi connectivity index (χ0v) is 18.2. The van der Waals surface area contributed by atoms with Crippen LogP contribution in [0.4, 0.5) is 0 Å². The number of sulfone groups is 1. The molecule has 0 spiro atoms. The molecule has 30 heavy (non-hydrogen) atoms. The lowest BCUT2D eigenvalue weighted by Crippen LogP contribution is -2.54. The molecular weight excluding hydrogens is 405 g/mol. The number of nitrogens with zero attached hydrogens (tertiary/aromatic N) is 1. The van der Waals surface area contributed by atoms with E-state index in [1.807, 2.05) is 35.1 Å². The lowest BCUT2D eigenvalue weighted by atomic mass is 9.81. The first-order valence-electron chi connectivity index (χ1n) is 10.1. The van der Waals surface area contributed by atoms with E-state index in [1.165, 1.54) is 0 Å². The first kappa shape index (κ1) is 22.8. The summed E-state index contributed by atoms with van der Waals surface area (Å²) in [6.07, 6.45) is 0.686. The molecule has 1 saturated heterocycles. The van der Waals surface area contributed by atoms with Gasteiger partial charge in [-0.25, -0.2) is 18.2 Å². The van der Waals surface area contributed by atoms with E-state index in [0.717, 1.165) is 0 Å². The maximum Gasteiger partial charge on any atom is 0.376 e. The molecule has 3 rings (SSSR count). The molecule has 0 radical (unpaired) electrons. The van der Waals surface area contributed by atoms with E-state index in [9.17, 15) is 13.4 Å². The molecule has 0 bridgehead atoms. The molecule has 7 nitrogen and oxygen atoms in total. The third-order valence-corrected chi connectivity index (χ3v) is 8.00. The third-order valence-electron chi connectivity index (χ3n) is 5.44. The largest absolute Gasteiger partial charge is 0.457 e. The Morgan fingerprint density at radius 1 is 1.00 bits per heavy atom. The van der Waals surface area contributed by atoms with Gasteiger partial charge in [0.1, 0.15) is 22.9 Å². The van der Waals surface area contributed by atoms with Crippen LogP contribution in [0.3, 0.4) is 0 Å². The average Bonchev–Trinajstić information content (AvgIpc) is 2.75. The van der Waals surface area contributed by atoms with E-state index in [4.69, 9.17) is 14.5 Å². The SMILES string of the molecule is CCOOCC1(S(=O)(=O)c2ccc(Oc3ccccc3)cc2)CCN(B(C)O)CC1.